The number of nitro benzene ring substituents is 1. The van der Waals surface area contributed by atoms with Crippen LogP contribution in [0.3, 0.4) is 0 Å². The SMILES string of the molecule is COc1ccc(C(NC(=O)c2ccc(Cl)cc2[N+](=O)[O-])C2CC2)cc1. The number of amides is 1. The summed E-state index contributed by atoms with van der Waals surface area (Å²) in [5, 5.41) is 14.4. The van der Waals surface area contributed by atoms with Gasteiger partial charge in [-0.05, 0) is 48.6 Å². The minimum Gasteiger partial charge on any atom is -0.497 e. The molecule has 2 aromatic rings. The van der Waals surface area contributed by atoms with Crippen molar-refractivity contribution in [1.82, 2.24) is 5.32 Å². The lowest BCUT2D eigenvalue weighted by Crippen LogP contribution is -2.30. The van der Waals surface area contributed by atoms with Gasteiger partial charge in [0.25, 0.3) is 11.6 Å². The van der Waals surface area contributed by atoms with E-state index in [2.05, 4.69) is 5.32 Å². The largest absolute Gasteiger partial charge is 0.497 e. The van der Waals surface area contributed by atoms with E-state index in [1.54, 1.807) is 7.11 Å². The van der Waals surface area contributed by atoms with E-state index in [1.807, 2.05) is 24.3 Å². The number of nitrogens with one attached hydrogen (secondary N) is 1. The number of halogens is 1. The highest BCUT2D eigenvalue weighted by Crippen LogP contribution is 2.41. The molecule has 0 aromatic heterocycles. The lowest BCUT2D eigenvalue weighted by atomic mass is 10.0. The van der Waals surface area contributed by atoms with Crippen LogP contribution in [0.4, 0.5) is 5.69 Å². The van der Waals surface area contributed by atoms with E-state index in [0.717, 1.165) is 24.2 Å². The highest BCUT2D eigenvalue weighted by molar-refractivity contribution is 6.31. The highest BCUT2D eigenvalue weighted by atomic mass is 35.5. The molecule has 0 aliphatic heterocycles. The Morgan fingerprint density at radius 3 is 2.52 bits per heavy atom. The van der Waals surface area contributed by atoms with E-state index in [9.17, 15) is 14.9 Å². The van der Waals surface area contributed by atoms with E-state index in [0.29, 0.717) is 5.92 Å². The Kier molecular flexibility index (Phi) is 4.90. The molecule has 2 aromatic carbocycles. The van der Waals surface area contributed by atoms with Crippen molar-refractivity contribution in [2.45, 2.75) is 18.9 Å². The summed E-state index contributed by atoms with van der Waals surface area (Å²) in [6.07, 6.45) is 2.03. The number of nitrogens with zero attached hydrogens (tertiary/aromatic N) is 1. The van der Waals surface area contributed by atoms with E-state index < -0.39 is 10.8 Å². The predicted molar refractivity (Wildman–Crippen MR) is 94.0 cm³/mol. The van der Waals surface area contributed by atoms with Gasteiger partial charge < -0.3 is 10.1 Å². The van der Waals surface area contributed by atoms with Crippen molar-refractivity contribution in [3.05, 3.63) is 68.7 Å². The van der Waals surface area contributed by atoms with Crippen molar-refractivity contribution in [3.63, 3.8) is 0 Å². The molecule has 1 saturated carbocycles. The number of hydrogen-bond donors (Lipinski definition) is 1. The van der Waals surface area contributed by atoms with E-state index in [1.165, 1.54) is 18.2 Å². The van der Waals surface area contributed by atoms with Crippen LogP contribution in [0.2, 0.25) is 5.02 Å². The van der Waals surface area contributed by atoms with Crippen LogP contribution in [0.15, 0.2) is 42.5 Å². The van der Waals surface area contributed by atoms with Gasteiger partial charge in [-0.1, -0.05) is 23.7 Å². The molecule has 0 bridgehead atoms. The Hall–Kier alpha value is -2.60. The van der Waals surface area contributed by atoms with Crippen LogP contribution >= 0.6 is 11.6 Å². The van der Waals surface area contributed by atoms with E-state index in [4.69, 9.17) is 16.3 Å². The summed E-state index contributed by atoms with van der Waals surface area (Å²) in [5.41, 5.74) is 0.663. The second-order valence-electron chi connectivity index (χ2n) is 5.98. The Bertz CT molecular complexity index is 803. The Labute approximate surface area is 149 Å². The minimum absolute atomic E-state index is 0.00793. The summed E-state index contributed by atoms with van der Waals surface area (Å²) in [6, 6.07) is 11.3. The normalized spacial score (nSPS) is 14.6. The third-order valence-electron chi connectivity index (χ3n) is 4.26. The second kappa shape index (κ2) is 7.11. The van der Waals surface area contributed by atoms with Crippen molar-refractivity contribution >= 4 is 23.2 Å². The summed E-state index contributed by atoms with van der Waals surface area (Å²) in [4.78, 5) is 23.2. The maximum Gasteiger partial charge on any atom is 0.283 e. The highest BCUT2D eigenvalue weighted by Gasteiger charge is 2.34. The molecular formula is C18H17ClN2O4. The van der Waals surface area contributed by atoms with Gasteiger partial charge in [0.05, 0.1) is 18.1 Å². The zero-order chi connectivity index (χ0) is 18.0. The van der Waals surface area contributed by atoms with Crippen LogP contribution in [0.5, 0.6) is 5.75 Å². The molecule has 0 spiro atoms. The molecule has 25 heavy (non-hydrogen) atoms. The molecule has 1 atom stereocenters. The first-order valence-corrected chi connectivity index (χ1v) is 8.26. The van der Waals surface area contributed by atoms with Crippen molar-refractivity contribution in [3.8, 4) is 5.75 Å². The number of hydrogen-bond acceptors (Lipinski definition) is 4. The number of benzene rings is 2. The zero-order valence-electron chi connectivity index (χ0n) is 13.6. The predicted octanol–water partition coefficient (Wildman–Crippen LogP) is 4.14. The van der Waals surface area contributed by atoms with Gasteiger partial charge >= 0.3 is 0 Å². The van der Waals surface area contributed by atoms with Gasteiger partial charge in [0.15, 0.2) is 0 Å². The Morgan fingerprint density at radius 1 is 1.28 bits per heavy atom. The van der Waals surface area contributed by atoms with Crippen molar-refractivity contribution in [2.24, 2.45) is 5.92 Å². The Morgan fingerprint density at radius 2 is 1.96 bits per heavy atom. The summed E-state index contributed by atoms with van der Waals surface area (Å²) < 4.78 is 5.15. The maximum absolute atomic E-state index is 12.6. The van der Waals surface area contributed by atoms with Crippen molar-refractivity contribution in [1.29, 1.82) is 0 Å². The third-order valence-corrected chi connectivity index (χ3v) is 4.49. The second-order valence-corrected chi connectivity index (χ2v) is 6.42. The summed E-state index contributed by atoms with van der Waals surface area (Å²) in [7, 11) is 1.59. The lowest BCUT2D eigenvalue weighted by molar-refractivity contribution is -0.385. The molecule has 6 nitrogen and oxygen atoms in total. The van der Waals surface area contributed by atoms with Crippen LogP contribution in [0, 0.1) is 16.0 Å². The van der Waals surface area contributed by atoms with Crippen molar-refractivity contribution in [2.75, 3.05) is 7.11 Å². The van der Waals surface area contributed by atoms with E-state index in [-0.39, 0.29) is 22.3 Å². The van der Waals surface area contributed by atoms with Gasteiger partial charge in [-0.25, -0.2) is 0 Å². The van der Waals surface area contributed by atoms with Gasteiger partial charge in [-0.15, -0.1) is 0 Å². The van der Waals surface area contributed by atoms with E-state index >= 15 is 0 Å². The third kappa shape index (κ3) is 3.91. The van der Waals surface area contributed by atoms with Gasteiger partial charge in [-0.2, -0.15) is 0 Å². The summed E-state index contributed by atoms with van der Waals surface area (Å²) >= 11 is 5.81. The summed E-state index contributed by atoms with van der Waals surface area (Å²) in [5.74, 6) is 0.595. The average Bonchev–Trinajstić information content (AvgIpc) is 3.44. The average molecular weight is 361 g/mol. The minimum atomic E-state index is -0.597. The molecule has 0 heterocycles. The Balaban J connectivity index is 1.85. The fourth-order valence-electron chi connectivity index (χ4n) is 2.78. The van der Waals surface area contributed by atoms with Gasteiger partial charge in [-0.3, -0.25) is 14.9 Å². The quantitative estimate of drug-likeness (QED) is 0.620. The molecule has 1 aliphatic carbocycles. The summed E-state index contributed by atoms with van der Waals surface area (Å²) in [6.45, 7) is 0. The van der Waals surface area contributed by atoms with Crippen LogP contribution in [0.25, 0.3) is 0 Å². The van der Waals surface area contributed by atoms with Crippen LogP contribution in [-0.4, -0.2) is 17.9 Å². The zero-order valence-corrected chi connectivity index (χ0v) is 14.3. The number of nitro groups is 1. The smallest absolute Gasteiger partial charge is 0.283 e. The molecule has 1 unspecified atom stereocenters. The topological polar surface area (TPSA) is 81.5 Å². The fourth-order valence-corrected chi connectivity index (χ4v) is 2.95. The number of carbonyl (C=O) groups excluding carboxylic acids is 1. The number of ether oxygens (including phenoxy) is 1. The first-order valence-electron chi connectivity index (χ1n) is 7.88. The molecule has 0 saturated heterocycles. The van der Waals surface area contributed by atoms with Crippen LogP contribution < -0.4 is 10.1 Å². The van der Waals surface area contributed by atoms with Gasteiger partial charge in [0, 0.05) is 11.1 Å². The van der Waals surface area contributed by atoms with Crippen LogP contribution in [-0.2, 0) is 0 Å². The number of carbonyl (C=O) groups is 1. The van der Waals surface area contributed by atoms with Crippen LogP contribution in [0.1, 0.15) is 34.8 Å². The number of methoxy groups -OCH3 is 1. The van der Waals surface area contributed by atoms with Crippen molar-refractivity contribution < 1.29 is 14.5 Å². The standard InChI is InChI=1S/C18H17ClN2O4/c1-25-14-7-4-12(5-8-14)17(11-2-3-11)20-18(22)15-9-6-13(19)10-16(15)21(23)24/h4-11,17H,2-3H2,1H3,(H,20,22). The maximum atomic E-state index is 12.6. The molecule has 0 radical (unpaired) electrons. The molecule has 130 valence electrons. The first-order chi connectivity index (χ1) is 12.0. The molecule has 1 N–H and O–H groups in total. The molecule has 1 aliphatic rings. The number of rotatable bonds is 6. The molecule has 3 rings (SSSR count). The van der Waals surface area contributed by atoms with Gasteiger partial charge in [0.2, 0.25) is 0 Å². The monoisotopic (exact) mass is 360 g/mol. The molecule has 1 fully saturated rings. The molecule has 7 heteroatoms. The fraction of sp³-hybridized carbons (Fsp3) is 0.278. The molecular weight excluding hydrogens is 344 g/mol. The lowest BCUT2D eigenvalue weighted by Gasteiger charge is -2.19. The first kappa shape index (κ1) is 17.2. The van der Waals surface area contributed by atoms with Gasteiger partial charge in [0.1, 0.15) is 11.3 Å². The molecule has 1 amide bonds.